The molecule has 0 spiro atoms. The Morgan fingerprint density at radius 3 is 3.00 bits per heavy atom. The van der Waals surface area contributed by atoms with Gasteiger partial charge < -0.3 is 21.1 Å². The fraction of sp³-hybridized carbons (Fsp3) is 1.00. The maximum Gasteiger partial charge on any atom is 0.0583 e. The van der Waals surface area contributed by atoms with Gasteiger partial charge in [0, 0.05) is 19.1 Å². The minimum Gasteiger partial charge on any atom is -0.395 e. The monoisotopic (exact) mass is 187 g/mol. The Balaban J connectivity index is 2.11. The zero-order chi connectivity index (χ0) is 9.52. The van der Waals surface area contributed by atoms with Crippen molar-refractivity contribution in [2.75, 3.05) is 39.3 Å². The molecule has 1 unspecified atom stereocenters. The topological polar surface area (TPSA) is 61.5 Å². The van der Waals surface area contributed by atoms with E-state index < -0.39 is 0 Å². The van der Waals surface area contributed by atoms with Crippen LogP contribution in [0.15, 0.2) is 0 Å². The fourth-order valence-corrected chi connectivity index (χ4v) is 1.56. The average Bonchev–Trinajstić information content (AvgIpc) is 2.42. The zero-order valence-electron chi connectivity index (χ0n) is 8.21. The third-order valence-corrected chi connectivity index (χ3v) is 2.48. The summed E-state index contributed by atoms with van der Waals surface area (Å²) >= 11 is 0. The molecule has 1 aliphatic heterocycles. The van der Waals surface area contributed by atoms with E-state index >= 15 is 0 Å². The van der Waals surface area contributed by atoms with Gasteiger partial charge in [-0.05, 0) is 32.5 Å². The minimum absolute atomic E-state index is 0.0452. The molecular weight excluding hydrogens is 166 g/mol. The highest BCUT2D eigenvalue weighted by molar-refractivity contribution is 4.68. The van der Waals surface area contributed by atoms with E-state index in [9.17, 15) is 0 Å². The standard InChI is InChI=1S/C9H21N3O/c10-9(8-13)2-6-12-5-1-3-11-4-7-12/h9,11,13H,1-8,10H2. The summed E-state index contributed by atoms with van der Waals surface area (Å²) < 4.78 is 0. The predicted octanol–water partition coefficient (Wildman–Crippen LogP) is -1.01. The molecule has 1 aliphatic rings. The first-order chi connectivity index (χ1) is 6.33. The largest absolute Gasteiger partial charge is 0.395 e. The van der Waals surface area contributed by atoms with Gasteiger partial charge in [-0.2, -0.15) is 0 Å². The molecule has 78 valence electrons. The summed E-state index contributed by atoms with van der Waals surface area (Å²) in [5.41, 5.74) is 5.64. The lowest BCUT2D eigenvalue weighted by atomic mass is 10.2. The molecule has 0 saturated carbocycles. The highest BCUT2D eigenvalue weighted by Gasteiger charge is 2.09. The first-order valence-corrected chi connectivity index (χ1v) is 5.12. The van der Waals surface area contributed by atoms with E-state index in [-0.39, 0.29) is 12.6 Å². The maximum atomic E-state index is 8.76. The molecule has 1 heterocycles. The molecule has 0 aromatic heterocycles. The first-order valence-electron chi connectivity index (χ1n) is 5.12. The SMILES string of the molecule is NC(CO)CCN1CCCNCC1. The van der Waals surface area contributed by atoms with E-state index in [4.69, 9.17) is 10.8 Å². The quantitative estimate of drug-likeness (QED) is 0.528. The van der Waals surface area contributed by atoms with Crippen molar-refractivity contribution in [1.29, 1.82) is 0 Å². The van der Waals surface area contributed by atoms with Crippen LogP contribution in [0.1, 0.15) is 12.8 Å². The summed E-state index contributed by atoms with van der Waals surface area (Å²) in [4.78, 5) is 2.41. The van der Waals surface area contributed by atoms with Crippen molar-refractivity contribution in [3.8, 4) is 0 Å². The Hall–Kier alpha value is -0.160. The van der Waals surface area contributed by atoms with Gasteiger partial charge in [-0.1, -0.05) is 0 Å². The number of nitrogens with zero attached hydrogens (tertiary/aromatic N) is 1. The second-order valence-electron chi connectivity index (χ2n) is 3.68. The van der Waals surface area contributed by atoms with E-state index in [1.54, 1.807) is 0 Å². The second kappa shape index (κ2) is 6.32. The molecule has 0 radical (unpaired) electrons. The van der Waals surface area contributed by atoms with Crippen LogP contribution in [-0.2, 0) is 0 Å². The van der Waals surface area contributed by atoms with Gasteiger partial charge in [-0.25, -0.2) is 0 Å². The number of hydrogen-bond acceptors (Lipinski definition) is 4. The van der Waals surface area contributed by atoms with Crippen LogP contribution in [0, 0.1) is 0 Å². The zero-order valence-corrected chi connectivity index (χ0v) is 8.21. The molecule has 1 atom stereocenters. The van der Waals surface area contributed by atoms with E-state index in [0.29, 0.717) is 0 Å². The van der Waals surface area contributed by atoms with Crippen molar-refractivity contribution in [3.63, 3.8) is 0 Å². The van der Waals surface area contributed by atoms with Crippen molar-refractivity contribution in [2.24, 2.45) is 5.73 Å². The van der Waals surface area contributed by atoms with Gasteiger partial charge in [-0.15, -0.1) is 0 Å². The fourth-order valence-electron chi connectivity index (χ4n) is 1.56. The lowest BCUT2D eigenvalue weighted by Crippen LogP contribution is -2.34. The predicted molar refractivity (Wildman–Crippen MR) is 53.6 cm³/mol. The molecule has 0 aromatic rings. The molecule has 4 nitrogen and oxygen atoms in total. The summed E-state index contributed by atoms with van der Waals surface area (Å²) in [6.07, 6.45) is 2.12. The molecule has 0 aliphatic carbocycles. The Morgan fingerprint density at radius 1 is 1.38 bits per heavy atom. The Kier molecular flexibility index (Phi) is 5.31. The minimum atomic E-state index is -0.0452. The summed E-state index contributed by atoms with van der Waals surface area (Å²) in [6, 6.07) is -0.0452. The van der Waals surface area contributed by atoms with E-state index in [2.05, 4.69) is 10.2 Å². The number of hydrogen-bond donors (Lipinski definition) is 3. The van der Waals surface area contributed by atoms with Crippen molar-refractivity contribution in [3.05, 3.63) is 0 Å². The van der Waals surface area contributed by atoms with Crippen LogP contribution in [-0.4, -0.2) is 55.4 Å². The maximum absolute atomic E-state index is 8.76. The molecule has 0 amide bonds. The summed E-state index contributed by atoms with van der Waals surface area (Å²) in [5, 5.41) is 12.1. The Bertz CT molecular complexity index is 124. The van der Waals surface area contributed by atoms with Gasteiger partial charge in [0.25, 0.3) is 0 Å². The van der Waals surface area contributed by atoms with Gasteiger partial charge in [0.1, 0.15) is 0 Å². The van der Waals surface area contributed by atoms with Gasteiger partial charge in [0.05, 0.1) is 6.61 Å². The van der Waals surface area contributed by atoms with Crippen LogP contribution in [0.3, 0.4) is 0 Å². The summed E-state index contributed by atoms with van der Waals surface area (Å²) in [7, 11) is 0. The summed E-state index contributed by atoms with van der Waals surface area (Å²) in [6.45, 7) is 5.59. The van der Waals surface area contributed by atoms with Crippen LogP contribution in [0.2, 0.25) is 0 Å². The highest BCUT2D eigenvalue weighted by Crippen LogP contribution is 1.98. The molecule has 0 aromatic carbocycles. The molecule has 4 heteroatoms. The van der Waals surface area contributed by atoms with Crippen LogP contribution >= 0.6 is 0 Å². The lowest BCUT2D eigenvalue weighted by molar-refractivity contribution is 0.229. The second-order valence-corrected chi connectivity index (χ2v) is 3.68. The van der Waals surface area contributed by atoms with Crippen LogP contribution in [0.5, 0.6) is 0 Å². The van der Waals surface area contributed by atoms with Gasteiger partial charge in [0.15, 0.2) is 0 Å². The third-order valence-electron chi connectivity index (χ3n) is 2.48. The summed E-state index contributed by atoms with van der Waals surface area (Å²) in [5.74, 6) is 0. The number of rotatable bonds is 4. The van der Waals surface area contributed by atoms with Crippen LogP contribution in [0.25, 0.3) is 0 Å². The molecule has 1 rings (SSSR count). The van der Waals surface area contributed by atoms with Gasteiger partial charge >= 0.3 is 0 Å². The van der Waals surface area contributed by atoms with Gasteiger partial charge in [-0.3, -0.25) is 0 Å². The van der Waals surface area contributed by atoms with Crippen molar-refractivity contribution in [2.45, 2.75) is 18.9 Å². The molecule has 1 fully saturated rings. The van der Waals surface area contributed by atoms with Crippen molar-refractivity contribution >= 4 is 0 Å². The lowest BCUT2D eigenvalue weighted by Gasteiger charge is -2.20. The van der Waals surface area contributed by atoms with Crippen molar-refractivity contribution < 1.29 is 5.11 Å². The number of nitrogens with two attached hydrogens (primary N) is 1. The normalized spacial score (nSPS) is 22.6. The van der Waals surface area contributed by atoms with E-state index in [0.717, 1.165) is 39.1 Å². The van der Waals surface area contributed by atoms with Gasteiger partial charge in [0.2, 0.25) is 0 Å². The molecule has 0 bridgehead atoms. The third kappa shape index (κ3) is 4.57. The first kappa shape index (κ1) is 10.9. The number of nitrogens with one attached hydrogen (secondary N) is 1. The average molecular weight is 187 g/mol. The van der Waals surface area contributed by atoms with E-state index in [1.807, 2.05) is 0 Å². The number of aliphatic hydroxyl groups excluding tert-OH is 1. The Morgan fingerprint density at radius 2 is 2.23 bits per heavy atom. The smallest absolute Gasteiger partial charge is 0.0583 e. The van der Waals surface area contributed by atoms with E-state index in [1.165, 1.54) is 6.42 Å². The molecule has 1 saturated heterocycles. The highest BCUT2D eigenvalue weighted by atomic mass is 16.3. The Labute approximate surface area is 80.1 Å². The molecule has 13 heavy (non-hydrogen) atoms. The molecular formula is C9H21N3O. The van der Waals surface area contributed by atoms with Crippen molar-refractivity contribution in [1.82, 2.24) is 10.2 Å². The van der Waals surface area contributed by atoms with Crippen LogP contribution in [0.4, 0.5) is 0 Å². The molecule has 4 N–H and O–H groups in total. The number of aliphatic hydroxyl groups is 1. The van der Waals surface area contributed by atoms with Crippen LogP contribution < -0.4 is 11.1 Å².